The fraction of sp³-hybridized carbons (Fsp3) is 0.632. The summed E-state index contributed by atoms with van der Waals surface area (Å²) in [7, 11) is 1.68. The molecule has 0 atom stereocenters. The van der Waals surface area contributed by atoms with Crippen LogP contribution in [0.2, 0.25) is 0 Å². The molecule has 1 aliphatic heterocycles. The normalized spacial score (nSPS) is 14.1. The van der Waals surface area contributed by atoms with Gasteiger partial charge in [-0.15, -0.1) is 24.0 Å². The number of amides is 1. The Morgan fingerprint density at radius 3 is 2.78 bits per heavy atom. The van der Waals surface area contributed by atoms with Crippen LogP contribution in [0.5, 0.6) is 5.75 Å². The molecule has 0 aliphatic carbocycles. The van der Waals surface area contributed by atoms with Crippen LogP contribution >= 0.6 is 24.0 Å². The van der Waals surface area contributed by atoms with Gasteiger partial charge in [0.1, 0.15) is 5.75 Å². The fourth-order valence-electron chi connectivity index (χ4n) is 3.14. The predicted molar refractivity (Wildman–Crippen MR) is 119 cm³/mol. The third kappa shape index (κ3) is 6.82. The lowest BCUT2D eigenvalue weighted by Gasteiger charge is -2.16. The Kier molecular flexibility index (Phi) is 10.4. The third-order valence-corrected chi connectivity index (χ3v) is 4.55. The Hall–Kier alpha value is -1.58. The van der Waals surface area contributed by atoms with E-state index in [9.17, 15) is 4.79 Å². The number of halogens is 1. The minimum Gasteiger partial charge on any atom is -0.496 e. The number of methoxy groups -OCH3 is 1. The number of rotatable bonds is 8. The molecule has 0 aromatic carbocycles. The Balaban J connectivity index is 0.00000364. The van der Waals surface area contributed by atoms with E-state index >= 15 is 0 Å². The number of guanidine groups is 1. The van der Waals surface area contributed by atoms with E-state index in [1.165, 1.54) is 0 Å². The molecule has 0 spiro atoms. The maximum Gasteiger partial charge on any atom is 0.222 e. The summed E-state index contributed by atoms with van der Waals surface area (Å²) in [6, 6.07) is 0. The first-order chi connectivity index (χ1) is 12.6. The molecule has 1 saturated heterocycles. The molecule has 8 heteroatoms. The molecule has 2 N–H and O–H groups in total. The molecule has 0 radical (unpaired) electrons. The van der Waals surface area contributed by atoms with Crippen LogP contribution in [0.4, 0.5) is 0 Å². The van der Waals surface area contributed by atoms with Gasteiger partial charge in [-0.3, -0.25) is 9.78 Å². The van der Waals surface area contributed by atoms with Gasteiger partial charge in [0, 0.05) is 49.9 Å². The molecule has 27 heavy (non-hydrogen) atoms. The number of nitrogens with zero attached hydrogens (tertiary/aromatic N) is 3. The van der Waals surface area contributed by atoms with Crippen molar-refractivity contribution in [3.8, 4) is 5.75 Å². The number of ether oxygens (including phenoxy) is 1. The molecule has 1 fully saturated rings. The number of carbonyl (C=O) groups is 1. The average Bonchev–Trinajstić information content (AvgIpc) is 3.03. The van der Waals surface area contributed by atoms with Gasteiger partial charge in [-0.25, -0.2) is 4.99 Å². The maximum atomic E-state index is 11.6. The fourth-order valence-corrected chi connectivity index (χ4v) is 3.14. The Labute approximate surface area is 179 Å². The van der Waals surface area contributed by atoms with E-state index in [-0.39, 0.29) is 29.9 Å². The van der Waals surface area contributed by atoms with Crippen LogP contribution in [0.25, 0.3) is 0 Å². The molecule has 1 aliphatic rings. The summed E-state index contributed by atoms with van der Waals surface area (Å²) in [5.74, 6) is 1.92. The first kappa shape index (κ1) is 23.5. The van der Waals surface area contributed by atoms with E-state index < -0.39 is 0 Å². The van der Waals surface area contributed by atoms with Crippen molar-refractivity contribution in [1.82, 2.24) is 20.5 Å². The van der Waals surface area contributed by atoms with Crippen LogP contribution in [0, 0.1) is 13.8 Å². The van der Waals surface area contributed by atoms with Crippen LogP contribution in [0.3, 0.4) is 0 Å². The second-order valence-electron chi connectivity index (χ2n) is 6.51. The number of aromatic nitrogens is 1. The number of carbonyl (C=O) groups excluding carboxylic acids is 1. The van der Waals surface area contributed by atoms with Gasteiger partial charge in [0.25, 0.3) is 0 Å². The molecule has 0 saturated carbocycles. The van der Waals surface area contributed by atoms with E-state index in [1.807, 2.05) is 31.9 Å². The number of aliphatic imine (C=N–C) groups is 1. The molecular weight excluding hydrogens is 457 g/mol. The minimum absolute atomic E-state index is 0. The van der Waals surface area contributed by atoms with E-state index in [4.69, 9.17) is 4.74 Å². The molecule has 1 aromatic rings. The van der Waals surface area contributed by atoms with Gasteiger partial charge in [0.05, 0.1) is 19.3 Å². The quantitative estimate of drug-likeness (QED) is 0.254. The smallest absolute Gasteiger partial charge is 0.222 e. The summed E-state index contributed by atoms with van der Waals surface area (Å²) in [6.45, 7) is 9.80. The monoisotopic (exact) mass is 489 g/mol. The van der Waals surface area contributed by atoms with Gasteiger partial charge in [-0.05, 0) is 33.6 Å². The topological polar surface area (TPSA) is 78.9 Å². The summed E-state index contributed by atoms with van der Waals surface area (Å²) >= 11 is 0. The van der Waals surface area contributed by atoms with Crippen molar-refractivity contribution in [2.24, 2.45) is 4.99 Å². The van der Waals surface area contributed by atoms with Gasteiger partial charge < -0.3 is 20.3 Å². The lowest BCUT2D eigenvalue weighted by Crippen LogP contribution is -2.39. The minimum atomic E-state index is 0. The number of pyridine rings is 1. The highest BCUT2D eigenvalue weighted by Gasteiger charge is 2.18. The number of nitrogens with one attached hydrogen (secondary N) is 2. The first-order valence-electron chi connectivity index (χ1n) is 9.35. The van der Waals surface area contributed by atoms with Gasteiger partial charge >= 0.3 is 0 Å². The van der Waals surface area contributed by atoms with Crippen LogP contribution < -0.4 is 15.4 Å². The van der Waals surface area contributed by atoms with Crippen LogP contribution in [0.1, 0.15) is 43.0 Å². The zero-order chi connectivity index (χ0) is 18.9. The van der Waals surface area contributed by atoms with E-state index in [2.05, 4.69) is 20.6 Å². The van der Waals surface area contributed by atoms with Crippen LogP contribution in [0.15, 0.2) is 11.2 Å². The van der Waals surface area contributed by atoms with Crippen LogP contribution in [-0.4, -0.2) is 55.0 Å². The van der Waals surface area contributed by atoms with E-state index in [1.54, 1.807) is 7.11 Å². The lowest BCUT2D eigenvalue weighted by atomic mass is 10.1. The highest BCUT2D eigenvalue weighted by molar-refractivity contribution is 14.0. The summed E-state index contributed by atoms with van der Waals surface area (Å²) in [4.78, 5) is 22.7. The summed E-state index contributed by atoms with van der Waals surface area (Å²) in [6.07, 6.45) is 4.42. The Morgan fingerprint density at radius 1 is 1.37 bits per heavy atom. The Bertz CT molecular complexity index is 651. The molecule has 2 heterocycles. The number of hydrogen-bond donors (Lipinski definition) is 2. The van der Waals surface area contributed by atoms with E-state index in [0.29, 0.717) is 13.0 Å². The molecule has 152 valence electrons. The van der Waals surface area contributed by atoms with Gasteiger partial charge in [-0.2, -0.15) is 0 Å². The van der Waals surface area contributed by atoms with Crippen molar-refractivity contribution in [1.29, 1.82) is 0 Å². The lowest BCUT2D eigenvalue weighted by molar-refractivity contribution is -0.127. The first-order valence-corrected chi connectivity index (χ1v) is 9.35. The van der Waals surface area contributed by atoms with Crippen molar-refractivity contribution in [2.75, 3.05) is 33.3 Å². The predicted octanol–water partition coefficient (Wildman–Crippen LogP) is 2.39. The largest absolute Gasteiger partial charge is 0.496 e. The second kappa shape index (κ2) is 12.0. The second-order valence-corrected chi connectivity index (χ2v) is 6.51. The van der Waals surface area contributed by atoms with Crippen molar-refractivity contribution in [3.63, 3.8) is 0 Å². The molecule has 0 bridgehead atoms. The average molecular weight is 489 g/mol. The van der Waals surface area contributed by atoms with Crippen molar-refractivity contribution in [2.45, 2.75) is 46.6 Å². The standard InChI is InChI=1S/C19H31N5O2.HI/c1-5-20-19(21-9-7-11-24-10-6-8-17(24)25)23-13-16-15(3)18(26-4)14(2)12-22-16;/h12H,5-11,13H2,1-4H3,(H2,20,21,23);1H. The number of hydrogen-bond acceptors (Lipinski definition) is 4. The van der Waals surface area contributed by atoms with Crippen molar-refractivity contribution < 1.29 is 9.53 Å². The highest BCUT2D eigenvalue weighted by Crippen LogP contribution is 2.24. The number of aryl methyl sites for hydroxylation is 1. The molecule has 0 unspecified atom stereocenters. The molecule has 7 nitrogen and oxygen atoms in total. The van der Waals surface area contributed by atoms with Crippen molar-refractivity contribution >= 4 is 35.8 Å². The molecule has 1 aromatic heterocycles. The van der Waals surface area contributed by atoms with Crippen LogP contribution in [-0.2, 0) is 11.3 Å². The maximum absolute atomic E-state index is 11.6. The molecule has 2 rings (SSSR count). The van der Waals surface area contributed by atoms with Gasteiger partial charge in [0.2, 0.25) is 5.91 Å². The highest BCUT2D eigenvalue weighted by atomic mass is 127. The summed E-state index contributed by atoms with van der Waals surface area (Å²) in [5, 5.41) is 6.58. The third-order valence-electron chi connectivity index (χ3n) is 4.55. The van der Waals surface area contributed by atoms with Gasteiger partial charge in [0.15, 0.2) is 5.96 Å². The zero-order valence-electron chi connectivity index (χ0n) is 16.8. The number of likely N-dealkylation sites (tertiary alicyclic amines) is 1. The molecule has 1 amide bonds. The SMILES string of the molecule is CCNC(=NCc1ncc(C)c(OC)c1C)NCCCN1CCCC1=O.I. The summed E-state index contributed by atoms with van der Waals surface area (Å²) in [5.41, 5.74) is 2.96. The molecular formula is C19H32IN5O2. The summed E-state index contributed by atoms with van der Waals surface area (Å²) < 4.78 is 5.46. The van der Waals surface area contributed by atoms with Crippen molar-refractivity contribution in [3.05, 3.63) is 23.0 Å². The Morgan fingerprint density at radius 2 is 2.15 bits per heavy atom. The van der Waals surface area contributed by atoms with E-state index in [0.717, 1.165) is 67.6 Å². The van der Waals surface area contributed by atoms with Gasteiger partial charge in [-0.1, -0.05) is 0 Å². The zero-order valence-corrected chi connectivity index (χ0v) is 19.1.